The van der Waals surface area contributed by atoms with Gasteiger partial charge in [-0.15, -0.1) is 0 Å². The van der Waals surface area contributed by atoms with Crippen molar-refractivity contribution in [3.05, 3.63) is 72.3 Å². The molecule has 0 aliphatic carbocycles. The van der Waals surface area contributed by atoms with Crippen LogP contribution in [-0.4, -0.2) is 25.0 Å². The van der Waals surface area contributed by atoms with Gasteiger partial charge >= 0.3 is 5.97 Å². The van der Waals surface area contributed by atoms with Gasteiger partial charge in [-0.1, -0.05) is 54.6 Å². The zero-order valence-corrected chi connectivity index (χ0v) is 13.3. The van der Waals surface area contributed by atoms with E-state index in [-0.39, 0.29) is 24.9 Å². The van der Waals surface area contributed by atoms with Gasteiger partial charge in [0.25, 0.3) is 0 Å². The number of hydrogen-bond donors (Lipinski definition) is 0. The van der Waals surface area contributed by atoms with E-state index in [1.165, 1.54) is 0 Å². The molecule has 0 unspecified atom stereocenters. The summed E-state index contributed by atoms with van der Waals surface area (Å²) >= 11 is 0. The van der Waals surface area contributed by atoms with E-state index in [9.17, 15) is 9.59 Å². The number of benzene rings is 2. The molecule has 1 heterocycles. The number of ether oxygens (including phenoxy) is 1. The lowest BCUT2D eigenvalue weighted by molar-refractivity contribution is -0.147. The fourth-order valence-corrected chi connectivity index (χ4v) is 2.72. The van der Waals surface area contributed by atoms with E-state index < -0.39 is 5.92 Å². The third-order valence-corrected chi connectivity index (χ3v) is 3.96. The number of amides is 1. The molecule has 1 aliphatic rings. The van der Waals surface area contributed by atoms with Gasteiger partial charge in [0.1, 0.15) is 6.61 Å². The molecule has 2 aromatic rings. The molecule has 0 aromatic heterocycles. The van der Waals surface area contributed by atoms with E-state index >= 15 is 0 Å². The minimum atomic E-state index is -0.400. The molecule has 0 spiro atoms. The number of carbonyl (C=O) groups excluding carboxylic acids is 2. The molecule has 122 valence electrons. The molecule has 24 heavy (non-hydrogen) atoms. The van der Waals surface area contributed by atoms with Crippen LogP contribution in [0, 0.1) is 5.92 Å². The summed E-state index contributed by atoms with van der Waals surface area (Å²) in [7, 11) is 0. The van der Waals surface area contributed by atoms with Crippen molar-refractivity contribution in [2.45, 2.75) is 6.42 Å². The Hall–Kier alpha value is -2.88. The van der Waals surface area contributed by atoms with Crippen LogP contribution in [0.5, 0.6) is 0 Å². The van der Waals surface area contributed by atoms with Crippen LogP contribution in [0.1, 0.15) is 12.0 Å². The van der Waals surface area contributed by atoms with E-state index in [1.54, 1.807) is 11.0 Å². The zero-order chi connectivity index (χ0) is 16.8. The standard InChI is InChI=1S/C20H19NO3/c22-19-14-17(15-21(19)18-11-5-2-6-12-18)20(23)24-13-7-10-16-8-3-1-4-9-16/h1-12,17H,13-15H2/b10-7-/t17-/m0/s1. The fraction of sp³-hybridized carbons (Fsp3) is 0.200. The van der Waals surface area contributed by atoms with Crippen LogP contribution in [0.2, 0.25) is 0 Å². The van der Waals surface area contributed by atoms with Crippen LogP contribution in [0.25, 0.3) is 6.08 Å². The Kier molecular flexibility index (Phi) is 5.06. The first-order valence-corrected chi connectivity index (χ1v) is 7.97. The Bertz CT molecular complexity index is 725. The number of para-hydroxylation sites is 1. The highest BCUT2D eigenvalue weighted by Gasteiger charge is 2.35. The molecular formula is C20H19NO3. The second kappa shape index (κ2) is 7.59. The second-order valence-corrected chi connectivity index (χ2v) is 5.68. The fourth-order valence-electron chi connectivity index (χ4n) is 2.72. The van der Waals surface area contributed by atoms with Gasteiger partial charge in [0, 0.05) is 18.7 Å². The summed E-state index contributed by atoms with van der Waals surface area (Å²) in [5.74, 6) is -0.759. The molecule has 1 atom stereocenters. The van der Waals surface area contributed by atoms with Gasteiger partial charge in [-0.25, -0.2) is 0 Å². The molecule has 0 N–H and O–H groups in total. The third kappa shape index (κ3) is 3.90. The third-order valence-electron chi connectivity index (χ3n) is 3.96. The summed E-state index contributed by atoms with van der Waals surface area (Å²) < 4.78 is 5.28. The minimum Gasteiger partial charge on any atom is -0.461 e. The molecule has 0 saturated carbocycles. The number of nitrogens with zero attached hydrogens (tertiary/aromatic N) is 1. The van der Waals surface area contributed by atoms with Gasteiger partial charge in [0.15, 0.2) is 0 Å². The minimum absolute atomic E-state index is 0.0389. The first kappa shape index (κ1) is 16.0. The van der Waals surface area contributed by atoms with Crippen LogP contribution in [-0.2, 0) is 14.3 Å². The van der Waals surface area contributed by atoms with Gasteiger partial charge in [-0.2, -0.15) is 0 Å². The second-order valence-electron chi connectivity index (χ2n) is 5.68. The molecule has 1 fully saturated rings. The summed E-state index contributed by atoms with van der Waals surface area (Å²) in [5.41, 5.74) is 1.88. The number of anilines is 1. The van der Waals surface area contributed by atoms with Crippen molar-refractivity contribution < 1.29 is 14.3 Å². The first-order chi connectivity index (χ1) is 11.7. The van der Waals surface area contributed by atoms with E-state index in [0.717, 1.165) is 11.3 Å². The topological polar surface area (TPSA) is 46.6 Å². The van der Waals surface area contributed by atoms with Crippen molar-refractivity contribution in [1.29, 1.82) is 0 Å². The van der Waals surface area contributed by atoms with Crippen LogP contribution < -0.4 is 4.90 Å². The van der Waals surface area contributed by atoms with Crippen LogP contribution in [0.4, 0.5) is 5.69 Å². The average molecular weight is 321 g/mol. The van der Waals surface area contributed by atoms with E-state index in [0.29, 0.717) is 6.54 Å². The SMILES string of the molecule is O=C(OC/C=C\c1ccccc1)[C@H]1CC(=O)N(c2ccccc2)C1. The van der Waals surface area contributed by atoms with E-state index in [4.69, 9.17) is 4.74 Å². The molecular weight excluding hydrogens is 302 g/mol. The molecule has 1 aliphatic heterocycles. The van der Waals surface area contributed by atoms with Crippen LogP contribution in [0.15, 0.2) is 66.7 Å². The monoisotopic (exact) mass is 321 g/mol. The maximum absolute atomic E-state index is 12.1. The quantitative estimate of drug-likeness (QED) is 0.794. The Balaban J connectivity index is 1.51. The van der Waals surface area contributed by atoms with Crippen molar-refractivity contribution in [2.24, 2.45) is 5.92 Å². The van der Waals surface area contributed by atoms with Crippen LogP contribution >= 0.6 is 0 Å². The van der Waals surface area contributed by atoms with Crippen LogP contribution in [0.3, 0.4) is 0 Å². The first-order valence-electron chi connectivity index (χ1n) is 7.97. The molecule has 0 bridgehead atoms. The van der Waals surface area contributed by atoms with Crippen molar-refractivity contribution in [3.63, 3.8) is 0 Å². The molecule has 0 radical (unpaired) electrons. The highest BCUT2D eigenvalue weighted by Crippen LogP contribution is 2.25. The highest BCUT2D eigenvalue weighted by atomic mass is 16.5. The Morgan fingerprint density at radius 1 is 1.08 bits per heavy atom. The van der Waals surface area contributed by atoms with Gasteiger partial charge in [0.2, 0.25) is 5.91 Å². The highest BCUT2D eigenvalue weighted by molar-refractivity contribution is 5.99. The summed E-state index contributed by atoms with van der Waals surface area (Å²) in [4.78, 5) is 25.9. The summed E-state index contributed by atoms with van der Waals surface area (Å²) in [6, 6.07) is 19.2. The number of rotatable bonds is 5. The number of esters is 1. The van der Waals surface area contributed by atoms with Gasteiger partial charge in [-0.05, 0) is 23.8 Å². The number of hydrogen-bond acceptors (Lipinski definition) is 3. The van der Waals surface area contributed by atoms with Crippen molar-refractivity contribution in [1.82, 2.24) is 0 Å². The van der Waals surface area contributed by atoms with E-state index in [1.807, 2.05) is 66.7 Å². The predicted molar refractivity (Wildman–Crippen MR) is 93.3 cm³/mol. The van der Waals surface area contributed by atoms with Gasteiger partial charge < -0.3 is 9.64 Å². The average Bonchev–Trinajstić information content (AvgIpc) is 3.02. The zero-order valence-electron chi connectivity index (χ0n) is 13.3. The lowest BCUT2D eigenvalue weighted by Gasteiger charge is -2.16. The van der Waals surface area contributed by atoms with Crippen molar-refractivity contribution in [2.75, 3.05) is 18.1 Å². The Labute approximate surface area is 141 Å². The predicted octanol–water partition coefficient (Wildman–Crippen LogP) is 3.30. The largest absolute Gasteiger partial charge is 0.461 e. The summed E-state index contributed by atoms with van der Waals surface area (Å²) in [6.45, 7) is 0.591. The molecule has 4 heteroatoms. The van der Waals surface area contributed by atoms with Crippen molar-refractivity contribution >= 4 is 23.6 Å². The molecule has 3 rings (SSSR count). The van der Waals surface area contributed by atoms with Gasteiger partial charge in [0.05, 0.1) is 5.92 Å². The normalized spacial score (nSPS) is 17.4. The lowest BCUT2D eigenvalue weighted by atomic mass is 10.1. The summed E-state index contributed by atoms with van der Waals surface area (Å²) in [5, 5.41) is 0. The van der Waals surface area contributed by atoms with Gasteiger partial charge in [-0.3, -0.25) is 9.59 Å². The molecule has 1 amide bonds. The molecule has 1 saturated heterocycles. The Morgan fingerprint density at radius 2 is 1.75 bits per heavy atom. The summed E-state index contributed by atoms with van der Waals surface area (Å²) in [6.07, 6.45) is 3.92. The lowest BCUT2D eigenvalue weighted by Crippen LogP contribution is -2.26. The van der Waals surface area contributed by atoms with Crippen molar-refractivity contribution in [3.8, 4) is 0 Å². The molecule has 2 aromatic carbocycles. The maximum Gasteiger partial charge on any atom is 0.311 e. The Morgan fingerprint density at radius 3 is 2.46 bits per heavy atom. The van der Waals surface area contributed by atoms with E-state index in [2.05, 4.69) is 0 Å². The number of carbonyl (C=O) groups is 2. The maximum atomic E-state index is 12.1. The smallest absolute Gasteiger partial charge is 0.311 e. The molecule has 4 nitrogen and oxygen atoms in total.